The molecule has 0 spiro atoms. The van der Waals surface area contributed by atoms with Crippen LogP contribution < -0.4 is 11.5 Å². The minimum absolute atomic E-state index is 0.284. The molecule has 1 heterocycles. The molecule has 38 heavy (non-hydrogen) atoms. The number of allylic oxidation sites excluding steroid dienone is 1. The first-order valence-corrected chi connectivity index (χ1v) is 13.8. The molecule has 0 saturated heterocycles. The summed E-state index contributed by atoms with van der Waals surface area (Å²) in [4.78, 5) is 43.5. The summed E-state index contributed by atoms with van der Waals surface area (Å²) < 4.78 is 0. The highest BCUT2D eigenvalue weighted by atomic mass is 32.1. The third kappa shape index (κ3) is 7.88. The highest BCUT2D eigenvalue weighted by molar-refractivity contribution is 7.09. The molecule has 0 unspecified atom stereocenters. The molecule has 0 fully saturated rings. The molecule has 3 amide bonds. The molecule has 4 N–H and O–H groups in total. The van der Waals surface area contributed by atoms with Crippen LogP contribution in [0.3, 0.4) is 0 Å². The lowest BCUT2D eigenvalue weighted by molar-refractivity contribution is -0.145. The first-order chi connectivity index (χ1) is 17.9. The van der Waals surface area contributed by atoms with Crippen molar-refractivity contribution in [3.8, 4) is 0 Å². The van der Waals surface area contributed by atoms with Crippen LogP contribution in [0.15, 0.2) is 53.4 Å². The van der Waals surface area contributed by atoms with Crippen LogP contribution in [-0.4, -0.2) is 59.2 Å². The average molecular weight is 537 g/mol. The van der Waals surface area contributed by atoms with Gasteiger partial charge < -0.3 is 21.3 Å². The number of rotatable bonds is 11. The third-order valence-electron chi connectivity index (χ3n) is 6.84. The molecule has 3 rings (SSSR count). The molecule has 0 bridgehead atoms. The Morgan fingerprint density at radius 3 is 2.47 bits per heavy atom. The normalized spacial score (nSPS) is 14.9. The molecule has 204 valence electrons. The Kier molecular flexibility index (Phi) is 9.68. The predicted octanol–water partition coefficient (Wildman–Crippen LogP) is 3.71. The second-order valence-electron chi connectivity index (χ2n) is 11.0. The molecule has 7 nitrogen and oxygen atoms in total. The van der Waals surface area contributed by atoms with Crippen molar-refractivity contribution in [2.24, 2.45) is 11.5 Å². The summed E-state index contributed by atoms with van der Waals surface area (Å²) in [5.74, 6) is -1.19. The molecule has 1 aromatic carbocycles. The maximum Gasteiger partial charge on any atom is 0.246 e. The predicted molar refractivity (Wildman–Crippen MR) is 154 cm³/mol. The van der Waals surface area contributed by atoms with E-state index in [1.165, 1.54) is 32.3 Å². The SMILES string of the molecule is C/C(=C\C(=O)N(C)[C@H](Cc1ccc2c(c1)CCC=C2)C(=O)N(C)[C@H](Cc1cccs1)C(N)=O)CC(C)(C)N. The number of thiophene rings is 1. The zero-order chi connectivity index (χ0) is 28.0. The number of benzene rings is 1. The number of carbonyl (C=O) groups is 3. The highest BCUT2D eigenvalue weighted by Gasteiger charge is 2.34. The van der Waals surface area contributed by atoms with Crippen LogP contribution in [0.5, 0.6) is 0 Å². The Balaban J connectivity index is 1.91. The van der Waals surface area contributed by atoms with E-state index in [-0.39, 0.29) is 11.8 Å². The number of hydrogen-bond acceptors (Lipinski definition) is 5. The van der Waals surface area contributed by atoms with Crippen molar-refractivity contribution in [1.29, 1.82) is 0 Å². The fraction of sp³-hybridized carbons (Fsp3) is 0.433. The van der Waals surface area contributed by atoms with Gasteiger partial charge in [-0.2, -0.15) is 0 Å². The Labute approximate surface area is 230 Å². The number of carbonyl (C=O) groups excluding carboxylic acids is 3. The van der Waals surface area contributed by atoms with Gasteiger partial charge in [0.15, 0.2) is 0 Å². The van der Waals surface area contributed by atoms with E-state index < -0.39 is 23.5 Å². The lowest BCUT2D eigenvalue weighted by atomic mass is 9.92. The monoisotopic (exact) mass is 536 g/mol. The summed E-state index contributed by atoms with van der Waals surface area (Å²) in [6.45, 7) is 5.68. The molecule has 0 saturated carbocycles. The van der Waals surface area contributed by atoms with Gasteiger partial charge in [-0.15, -0.1) is 11.3 Å². The fourth-order valence-corrected chi connectivity index (χ4v) is 5.64. The van der Waals surface area contributed by atoms with E-state index in [9.17, 15) is 14.4 Å². The largest absolute Gasteiger partial charge is 0.368 e. The van der Waals surface area contributed by atoms with Crippen molar-refractivity contribution in [3.63, 3.8) is 0 Å². The lowest BCUT2D eigenvalue weighted by Crippen LogP contribution is -2.55. The molecular formula is C30H40N4O3S. The van der Waals surface area contributed by atoms with Gasteiger partial charge in [-0.3, -0.25) is 14.4 Å². The van der Waals surface area contributed by atoms with Crippen LogP contribution in [-0.2, 0) is 33.6 Å². The van der Waals surface area contributed by atoms with Crippen LogP contribution in [0.1, 0.15) is 55.2 Å². The Morgan fingerprint density at radius 1 is 1.11 bits per heavy atom. The van der Waals surface area contributed by atoms with Crippen LogP contribution in [0, 0.1) is 0 Å². The van der Waals surface area contributed by atoms with Crippen molar-refractivity contribution in [1.82, 2.24) is 9.80 Å². The Hall–Kier alpha value is -3.23. The smallest absolute Gasteiger partial charge is 0.246 e. The lowest BCUT2D eigenvalue weighted by Gasteiger charge is -2.34. The zero-order valence-corrected chi connectivity index (χ0v) is 23.9. The number of likely N-dealkylation sites (N-methyl/N-ethyl adjacent to an activating group) is 2. The van der Waals surface area contributed by atoms with Crippen molar-refractivity contribution >= 4 is 35.1 Å². The van der Waals surface area contributed by atoms with E-state index in [0.29, 0.717) is 19.3 Å². The maximum absolute atomic E-state index is 13.9. The molecule has 1 aromatic heterocycles. The first kappa shape index (κ1) is 29.3. The van der Waals surface area contributed by atoms with Gasteiger partial charge in [0, 0.05) is 43.4 Å². The second kappa shape index (κ2) is 12.5. The molecule has 0 aliphatic heterocycles. The van der Waals surface area contributed by atoms with Crippen LogP contribution >= 0.6 is 11.3 Å². The molecule has 2 atom stereocenters. The topological polar surface area (TPSA) is 110 Å². The number of hydrogen-bond donors (Lipinski definition) is 2. The van der Waals surface area contributed by atoms with E-state index in [2.05, 4.69) is 24.3 Å². The minimum atomic E-state index is -0.823. The van der Waals surface area contributed by atoms with Crippen LogP contribution in [0.4, 0.5) is 0 Å². The van der Waals surface area contributed by atoms with E-state index in [1.807, 2.05) is 44.4 Å². The number of nitrogens with zero attached hydrogens (tertiary/aromatic N) is 2. The van der Waals surface area contributed by atoms with E-state index >= 15 is 0 Å². The highest BCUT2D eigenvalue weighted by Crippen LogP contribution is 2.23. The molecule has 8 heteroatoms. The molecule has 1 aliphatic carbocycles. The van der Waals surface area contributed by atoms with Gasteiger partial charge in [0.1, 0.15) is 12.1 Å². The van der Waals surface area contributed by atoms with Crippen molar-refractivity contribution in [2.75, 3.05) is 14.1 Å². The maximum atomic E-state index is 13.9. The fourth-order valence-electron chi connectivity index (χ4n) is 4.90. The zero-order valence-electron chi connectivity index (χ0n) is 23.1. The molecule has 1 aliphatic rings. The number of aryl methyl sites for hydroxylation is 1. The van der Waals surface area contributed by atoms with Gasteiger partial charge in [0.05, 0.1) is 0 Å². The van der Waals surface area contributed by atoms with Gasteiger partial charge in [0.2, 0.25) is 17.7 Å². The third-order valence-corrected chi connectivity index (χ3v) is 7.74. The molecule has 2 aromatic rings. The number of amides is 3. The molecular weight excluding hydrogens is 496 g/mol. The van der Waals surface area contributed by atoms with Crippen LogP contribution in [0.25, 0.3) is 6.08 Å². The Bertz CT molecular complexity index is 1210. The van der Waals surface area contributed by atoms with Gasteiger partial charge in [0.25, 0.3) is 0 Å². The quantitative estimate of drug-likeness (QED) is 0.427. The van der Waals surface area contributed by atoms with E-state index in [4.69, 9.17) is 11.5 Å². The van der Waals surface area contributed by atoms with Gasteiger partial charge in [-0.25, -0.2) is 0 Å². The summed E-state index contributed by atoms with van der Waals surface area (Å²) in [5, 5.41) is 1.92. The van der Waals surface area contributed by atoms with Gasteiger partial charge in [-0.1, -0.05) is 42.0 Å². The van der Waals surface area contributed by atoms with E-state index in [1.54, 1.807) is 20.2 Å². The molecule has 0 radical (unpaired) electrons. The number of nitrogens with two attached hydrogens (primary N) is 2. The summed E-state index contributed by atoms with van der Waals surface area (Å²) in [6, 6.07) is 8.36. The number of primary amides is 1. The van der Waals surface area contributed by atoms with E-state index in [0.717, 1.165) is 28.9 Å². The first-order valence-electron chi connectivity index (χ1n) is 13.0. The summed E-state index contributed by atoms with van der Waals surface area (Å²) in [7, 11) is 3.22. The summed E-state index contributed by atoms with van der Waals surface area (Å²) >= 11 is 1.51. The van der Waals surface area contributed by atoms with Crippen molar-refractivity contribution < 1.29 is 14.4 Å². The van der Waals surface area contributed by atoms with Gasteiger partial charge >= 0.3 is 0 Å². The van der Waals surface area contributed by atoms with Crippen molar-refractivity contribution in [3.05, 3.63) is 75.0 Å². The second-order valence-corrected chi connectivity index (χ2v) is 12.0. The number of fused-ring (bicyclic) bond motifs is 1. The summed E-state index contributed by atoms with van der Waals surface area (Å²) in [6.07, 6.45) is 8.93. The standard InChI is InChI=1S/C30H40N4O3S/c1-20(19-30(2,3)32)15-27(35)33(4)26(17-21-12-13-22-9-6-7-10-23(22)16-21)29(37)34(5)25(28(31)36)18-24-11-8-14-38-24/h6,8-9,11-16,25-26H,7,10,17-19,32H2,1-5H3,(H2,31,36)/b20-15+/t25-,26-/m1/s1. The minimum Gasteiger partial charge on any atom is -0.368 e. The van der Waals surface area contributed by atoms with Crippen molar-refractivity contribution in [2.45, 2.75) is 70.5 Å². The summed E-state index contributed by atoms with van der Waals surface area (Å²) in [5.41, 5.74) is 15.6. The Morgan fingerprint density at radius 2 is 1.84 bits per heavy atom. The van der Waals surface area contributed by atoms with Crippen LogP contribution in [0.2, 0.25) is 0 Å². The average Bonchev–Trinajstić information content (AvgIpc) is 3.36. The van der Waals surface area contributed by atoms with Gasteiger partial charge in [-0.05, 0) is 68.2 Å².